The van der Waals surface area contributed by atoms with Crippen LogP contribution in [0.4, 0.5) is 0 Å². The number of benzene rings is 1. The van der Waals surface area contributed by atoms with Crippen molar-refractivity contribution in [3.05, 3.63) is 29.3 Å². The molecule has 0 unspecified atom stereocenters. The van der Waals surface area contributed by atoms with Gasteiger partial charge in [-0.3, -0.25) is 0 Å². The van der Waals surface area contributed by atoms with Gasteiger partial charge in [-0.1, -0.05) is 6.07 Å². The maximum absolute atomic E-state index is 11.5. The molecule has 4 heteroatoms. The number of carbonyl (C=O) groups excluding carboxylic acids is 1. The van der Waals surface area contributed by atoms with E-state index in [1.54, 1.807) is 18.5 Å². The highest BCUT2D eigenvalue weighted by Gasteiger charge is 2.11. The van der Waals surface area contributed by atoms with Crippen LogP contribution in [0.25, 0.3) is 10.2 Å². The summed E-state index contributed by atoms with van der Waals surface area (Å²) in [5.74, 6) is -0.276. The van der Waals surface area contributed by atoms with Gasteiger partial charge in [0, 0.05) is 0 Å². The lowest BCUT2D eigenvalue weighted by atomic mass is 10.2. The van der Waals surface area contributed by atoms with Gasteiger partial charge in [0.05, 0.1) is 27.9 Å². The second kappa shape index (κ2) is 3.75. The molecule has 1 aromatic heterocycles. The molecule has 1 aromatic carbocycles. The maximum Gasteiger partial charge on any atom is 0.339 e. The molecule has 0 aliphatic rings. The maximum atomic E-state index is 11.5. The molecule has 0 saturated heterocycles. The zero-order valence-corrected chi connectivity index (χ0v) is 8.50. The highest BCUT2D eigenvalue weighted by atomic mass is 32.1. The molecule has 0 aliphatic heterocycles. The third-order valence-corrected chi connectivity index (χ3v) is 2.73. The Morgan fingerprint density at radius 2 is 2.43 bits per heavy atom. The monoisotopic (exact) mass is 207 g/mol. The molecule has 0 N–H and O–H groups in total. The minimum absolute atomic E-state index is 0.276. The minimum atomic E-state index is -0.276. The third-order valence-electron chi connectivity index (χ3n) is 1.85. The Morgan fingerprint density at radius 3 is 3.21 bits per heavy atom. The standard InChI is InChI=1S/C10H9NO2S/c1-2-13-10(12)7-4-3-5-8-9(7)14-6-11-8/h3-6H,2H2,1H3. The fourth-order valence-corrected chi connectivity index (χ4v) is 2.05. The number of hydrogen-bond acceptors (Lipinski definition) is 4. The van der Waals surface area contributed by atoms with Gasteiger partial charge >= 0.3 is 5.97 Å². The zero-order valence-electron chi connectivity index (χ0n) is 7.69. The Labute approximate surface area is 85.3 Å². The molecule has 0 aliphatic carbocycles. The van der Waals surface area contributed by atoms with E-state index in [1.807, 2.05) is 12.1 Å². The molecular weight excluding hydrogens is 198 g/mol. The van der Waals surface area contributed by atoms with Crippen molar-refractivity contribution >= 4 is 27.5 Å². The Kier molecular flexibility index (Phi) is 2.45. The molecular formula is C10H9NO2S. The van der Waals surface area contributed by atoms with Crippen molar-refractivity contribution < 1.29 is 9.53 Å². The van der Waals surface area contributed by atoms with Gasteiger partial charge in [-0.05, 0) is 19.1 Å². The first-order chi connectivity index (χ1) is 6.83. The van der Waals surface area contributed by atoms with Crippen LogP contribution in [-0.2, 0) is 4.74 Å². The molecule has 14 heavy (non-hydrogen) atoms. The second-order valence-electron chi connectivity index (χ2n) is 2.73. The average molecular weight is 207 g/mol. The smallest absolute Gasteiger partial charge is 0.339 e. The van der Waals surface area contributed by atoms with Gasteiger partial charge in [0.15, 0.2) is 0 Å². The Hall–Kier alpha value is -1.42. The molecule has 3 nitrogen and oxygen atoms in total. The van der Waals surface area contributed by atoms with Crippen LogP contribution in [0.5, 0.6) is 0 Å². The SMILES string of the molecule is CCOC(=O)c1cccc2ncsc12. The molecule has 72 valence electrons. The zero-order chi connectivity index (χ0) is 9.97. The minimum Gasteiger partial charge on any atom is -0.462 e. The van der Waals surface area contributed by atoms with Gasteiger partial charge < -0.3 is 4.74 Å². The third kappa shape index (κ3) is 1.48. The highest BCUT2D eigenvalue weighted by molar-refractivity contribution is 7.17. The molecule has 0 atom stereocenters. The largest absolute Gasteiger partial charge is 0.462 e. The average Bonchev–Trinajstić information content (AvgIpc) is 2.65. The van der Waals surface area contributed by atoms with Gasteiger partial charge in [-0.15, -0.1) is 11.3 Å². The number of aromatic nitrogens is 1. The molecule has 0 amide bonds. The summed E-state index contributed by atoms with van der Waals surface area (Å²) in [6.07, 6.45) is 0. The van der Waals surface area contributed by atoms with Gasteiger partial charge in [0.2, 0.25) is 0 Å². The van der Waals surface area contributed by atoms with Crippen molar-refractivity contribution in [1.82, 2.24) is 4.98 Å². The lowest BCUT2D eigenvalue weighted by Crippen LogP contribution is -2.04. The molecule has 0 radical (unpaired) electrons. The molecule has 0 saturated carbocycles. The summed E-state index contributed by atoms with van der Waals surface area (Å²) >= 11 is 1.46. The van der Waals surface area contributed by atoms with Gasteiger partial charge in [-0.2, -0.15) is 0 Å². The van der Waals surface area contributed by atoms with Crippen LogP contribution in [-0.4, -0.2) is 17.6 Å². The second-order valence-corrected chi connectivity index (χ2v) is 3.58. The first kappa shape index (κ1) is 9.15. The van der Waals surface area contributed by atoms with E-state index >= 15 is 0 Å². The van der Waals surface area contributed by atoms with Gasteiger partial charge in [0.1, 0.15) is 0 Å². The molecule has 0 bridgehead atoms. The number of hydrogen-bond donors (Lipinski definition) is 0. The normalized spacial score (nSPS) is 10.4. The number of fused-ring (bicyclic) bond motifs is 1. The number of carbonyl (C=O) groups is 1. The van der Waals surface area contributed by atoms with E-state index in [0.29, 0.717) is 12.2 Å². The lowest BCUT2D eigenvalue weighted by Gasteiger charge is -2.01. The molecule has 2 aromatic rings. The van der Waals surface area contributed by atoms with Crippen molar-refractivity contribution in [1.29, 1.82) is 0 Å². The molecule has 1 heterocycles. The summed E-state index contributed by atoms with van der Waals surface area (Å²) < 4.78 is 5.84. The van der Waals surface area contributed by atoms with E-state index in [-0.39, 0.29) is 5.97 Å². The van der Waals surface area contributed by atoms with E-state index in [2.05, 4.69) is 4.98 Å². The summed E-state index contributed by atoms with van der Waals surface area (Å²) in [5.41, 5.74) is 3.18. The number of thiazole rings is 1. The van der Waals surface area contributed by atoms with Crippen LogP contribution in [0.3, 0.4) is 0 Å². The highest BCUT2D eigenvalue weighted by Crippen LogP contribution is 2.22. The van der Waals surface area contributed by atoms with E-state index < -0.39 is 0 Å². The van der Waals surface area contributed by atoms with Gasteiger partial charge in [0.25, 0.3) is 0 Å². The number of ether oxygens (including phenoxy) is 1. The summed E-state index contributed by atoms with van der Waals surface area (Å²) in [4.78, 5) is 15.6. The predicted octanol–water partition coefficient (Wildman–Crippen LogP) is 2.47. The number of esters is 1. The van der Waals surface area contributed by atoms with E-state index in [1.165, 1.54) is 11.3 Å². The van der Waals surface area contributed by atoms with Crippen molar-refractivity contribution in [2.75, 3.05) is 6.61 Å². The number of nitrogens with zero attached hydrogens (tertiary/aromatic N) is 1. The van der Waals surface area contributed by atoms with Crippen molar-refractivity contribution in [2.45, 2.75) is 6.92 Å². The first-order valence-electron chi connectivity index (χ1n) is 4.32. The predicted molar refractivity (Wildman–Crippen MR) is 55.6 cm³/mol. The van der Waals surface area contributed by atoms with E-state index in [0.717, 1.165) is 10.2 Å². The van der Waals surface area contributed by atoms with Crippen molar-refractivity contribution in [3.8, 4) is 0 Å². The summed E-state index contributed by atoms with van der Waals surface area (Å²) in [7, 11) is 0. The summed E-state index contributed by atoms with van der Waals surface area (Å²) in [6.45, 7) is 2.19. The fraction of sp³-hybridized carbons (Fsp3) is 0.200. The van der Waals surface area contributed by atoms with Gasteiger partial charge in [-0.25, -0.2) is 9.78 Å². The van der Waals surface area contributed by atoms with Crippen LogP contribution >= 0.6 is 11.3 Å². The Balaban J connectivity index is 2.50. The van der Waals surface area contributed by atoms with Crippen molar-refractivity contribution in [3.63, 3.8) is 0 Å². The van der Waals surface area contributed by atoms with Crippen LogP contribution in [0.2, 0.25) is 0 Å². The summed E-state index contributed by atoms with van der Waals surface area (Å²) in [6, 6.07) is 5.46. The van der Waals surface area contributed by atoms with E-state index in [9.17, 15) is 4.79 Å². The fourth-order valence-electron chi connectivity index (χ4n) is 1.26. The summed E-state index contributed by atoms with van der Waals surface area (Å²) in [5, 5.41) is 0. The Bertz CT molecular complexity index is 464. The quantitative estimate of drug-likeness (QED) is 0.710. The van der Waals surface area contributed by atoms with Crippen LogP contribution in [0.1, 0.15) is 17.3 Å². The topological polar surface area (TPSA) is 39.2 Å². The van der Waals surface area contributed by atoms with E-state index in [4.69, 9.17) is 4.74 Å². The Morgan fingerprint density at radius 1 is 1.57 bits per heavy atom. The lowest BCUT2D eigenvalue weighted by molar-refractivity contribution is 0.0529. The van der Waals surface area contributed by atoms with Crippen LogP contribution < -0.4 is 0 Å². The molecule has 0 fully saturated rings. The molecule has 0 spiro atoms. The van der Waals surface area contributed by atoms with Crippen LogP contribution in [0.15, 0.2) is 23.7 Å². The van der Waals surface area contributed by atoms with Crippen molar-refractivity contribution in [2.24, 2.45) is 0 Å². The van der Waals surface area contributed by atoms with Crippen LogP contribution in [0, 0.1) is 0 Å². The number of rotatable bonds is 2. The first-order valence-corrected chi connectivity index (χ1v) is 5.20. The molecule has 2 rings (SSSR count).